The Morgan fingerprint density at radius 2 is 2.00 bits per heavy atom. The van der Waals surface area contributed by atoms with Crippen LogP contribution < -0.4 is 15.8 Å². The molecule has 0 saturated carbocycles. The van der Waals surface area contributed by atoms with Crippen molar-refractivity contribution in [3.8, 4) is 0 Å². The topological polar surface area (TPSA) is 46.2 Å². The van der Waals surface area contributed by atoms with Crippen LogP contribution in [0.2, 0.25) is 0 Å². The molecule has 15 heavy (non-hydrogen) atoms. The summed E-state index contributed by atoms with van der Waals surface area (Å²) in [5.41, 5.74) is 0.637. The Bertz CT molecular complexity index is 586. The lowest BCUT2D eigenvalue weighted by atomic mass is 9.91. The summed E-state index contributed by atoms with van der Waals surface area (Å²) in [6.45, 7) is 0. The van der Waals surface area contributed by atoms with Gasteiger partial charge in [0, 0.05) is 5.57 Å². The second-order valence-corrected chi connectivity index (χ2v) is 3.81. The molecular weight excluding hydrogens is 190 g/mol. The summed E-state index contributed by atoms with van der Waals surface area (Å²) in [6, 6.07) is 7.68. The first-order chi connectivity index (χ1) is 7.27. The molecule has 74 valence electrons. The van der Waals surface area contributed by atoms with Gasteiger partial charge in [0.05, 0.1) is 5.92 Å². The van der Waals surface area contributed by atoms with Crippen LogP contribution >= 0.6 is 0 Å². The van der Waals surface area contributed by atoms with Crippen molar-refractivity contribution < 1.29 is 9.59 Å². The highest BCUT2D eigenvalue weighted by molar-refractivity contribution is 6.29. The van der Waals surface area contributed by atoms with E-state index in [-0.39, 0.29) is 17.7 Å². The van der Waals surface area contributed by atoms with Gasteiger partial charge in [-0.15, -0.1) is 0 Å². The van der Waals surface area contributed by atoms with E-state index in [0.29, 0.717) is 12.0 Å². The number of amides is 2. The molecule has 1 aromatic carbocycles. The summed E-state index contributed by atoms with van der Waals surface area (Å²) in [5.74, 6) is -0.668. The molecule has 2 aliphatic rings. The molecule has 1 aliphatic heterocycles. The highest BCUT2D eigenvalue weighted by Gasteiger charge is 2.36. The predicted molar refractivity (Wildman–Crippen MR) is 54.8 cm³/mol. The monoisotopic (exact) mass is 199 g/mol. The van der Waals surface area contributed by atoms with Gasteiger partial charge in [0.25, 0.3) is 5.91 Å². The summed E-state index contributed by atoms with van der Waals surface area (Å²) in [7, 11) is 0. The fourth-order valence-corrected chi connectivity index (χ4v) is 2.26. The first-order valence-electron chi connectivity index (χ1n) is 4.92. The van der Waals surface area contributed by atoms with E-state index in [1.165, 1.54) is 0 Å². The zero-order chi connectivity index (χ0) is 10.4. The van der Waals surface area contributed by atoms with Gasteiger partial charge < -0.3 is 0 Å². The number of hydrogen-bond donors (Lipinski definition) is 1. The molecule has 3 heteroatoms. The molecule has 0 aromatic heterocycles. The minimum atomic E-state index is -0.271. The van der Waals surface area contributed by atoms with E-state index in [4.69, 9.17) is 0 Å². The highest BCUT2D eigenvalue weighted by atomic mass is 16.2. The van der Waals surface area contributed by atoms with Gasteiger partial charge in [0.15, 0.2) is 0 Å². The third-order valence-corrected chi connectivity index (χ3v) is 2.97. The lowest BCUT2D eigenvalue weighted by molar-refractivity contribution is -0.125. The molecule has 3 nitrogen and oxygen atoms in total. The van der Waals surface area contributed by atoms with Gasteiger partial charge in [-0.2, -0.15) is 0 Å². The Morgan fingerprint density at radius 3 is 2.87 bits per heavy atom. The number of carbonyl (C=O) groups excluding carboxylic acids is 2. The van der Waals surface area contributed by atoms with Crippen LogP contribution in [0.4, 0.5) is 0 Å². The zero-order valence-corrected chi connectivity index (χ0v) is 7.99. The van der Waals surface area contributed by atoms with E-state index in [2.05, 4.69) is 5.32 Å². The Labute approximate surface area is 86.1 Å². The Balaban J connectivity index is 2.43. The molecule has 1 heterocycles. The number of benzene rings is 1. The van der Waals surface area contributed by atoms with E-state index in [1.54, 1.807) is 0 Å². The normalized spacial score (nSPS) is 22.9. The van der Waals surface area contributed by atoms with Gasteiger partial charge in [-0.1, -0.05) is 30.3 Å². The Kier molecular flexibility index (Phi) is 1.57. The van der Waals surface area contributed by atoms with Crippen molar-refractivity contribution in [3.05, 3.63) is 34.7 Å². The van der Waals surface area contributed by atoms with Crippen molar-refractivity contribution in [2.24, 2.45) is 5.92 Å². The number of rotatable bonds is 0. The van der Waals surface area contributed by atoms with Gasteiger partial charge in [-0.05, 0) is 16.9 Å². The minimum Gasteiger partial charge on any atom is -0.292 e. The van der Waals surface area contributed by atoms with Crippen LogP contribution in [0.3, 0.4) is 0 Å². The van der Waals surface area contributed by atoms with Crippen molar-refractivity contribution in [2.45, 2.75) is 6.42 Å². The minimum absolute atomic E-state index is 0.166. The molecule has 3 rings (SSSR count). The third-order valence-electron chi connectivity index (χ3n) is 2.97. The zero-order valence-electron chi connectivity index (χ0n) is 7.99. The largest absolute Gasteiger partial charge is 0.292 e. The molecule has 0 spiro atoms. The van der Waals surface area contributed by atoms with Crippen molar-refractivity contribution in [2.75, 3.05) is 0 Å². The molecule has 1 saturated heterocycles. The number of imide groups is 1. The maximum Gasteiger partial charge on any atom is 0.255 e. The molecule has 2 amide bonds. The van der Waals surface area contributed by atoms with Crippen molar-refractivity contribution >= 4 is 23.5 Å². The van der Waals surface area contributed by atoms with Gasteiger partial charge >= 0.3 is 0 Å². The van der Waals surface area contributed by atoms with Crippen molar-refractivity contribution in [1.29, 1.82) is 0 Å². The van der Waals surface area contributed by atoms with E-state index in [9.17, 15) is 9.59 Å². The third kappa shape index (κ3) is 1.06. The predicted octanol–water partition coefficient (Wildman–Crippen LogP) is -0.706. The first-order valence-corrected chi connectivity index (χ1v) is 4.92. The summed E-state index contributed by atoms with van der Waals surface area (Å²) in [6.07, 6.45) is 2.64. The average Bonchev–Trinajstić information content (AvgIpc) is 2.55. The maximum absolute atomic E-state index is 11.6. The standard InChI is InChI=1S/C12H9NO2/c14-11-9-6-5-7-3-1-2-4-8(7)10(9)12(15)13-11/h1-5,9H,6H2,(H,13,14,15). The smallest absolute Gasteiger partial charge is 0.255 e. The fourth-order valence-electron chi connectivity index (χ4n) is 2.26. The van der Waals surface area contributed by atoms with Crippen molar-refractivity contribution in [3.63, 3.8) is 0 Å². The molecule has 0 bridgehead atoms. The van der Waals surface area contributed by atoms with Gasteiger partial charge in [-0.3, -0.25) is 14.9 Å². The molecule has 1 fully saturated rings. The van der Waals surface area contributed by atoms with Crippen LogP contribution in [0.1, 0.15) is 6.42 Å². The molecule has 1 aliphatic carbocycles. The van der Waals surface area contributed by atoms with Crippen LogP contribution in [-0.2, 0) is 9.59 Å². The van der Waals surface area contributed by atoms with E-state index in [0.717, 1.165) is 10.4 Å². The van der Waals surface area contributed by atoms with E-state index in [1.807, 2.05) is 30.3 Å². The quantitative estimate of drug-likeness (QED) is 0.561. The lowest BCUT2D eigenvalue weighted by Crippen LogP contribution is -2.33. The summed E-state index contributed by atoms with van der Waals surface area (Å²) in [5, 5.41) is 4.31. The number of carbonyl (C=O) groups is 2. The Hall–Kier alpha value is -1.90. The van der Waals surface area contributed by atoms with Gasteiger partial charge in [-0.25, -0.2) is 0 Å². The first kappa shape index (κ1) is 8.41. The molecule has 0 radical (unpaired) electrons. The summed E-state index contributed by atoms with van der Waals surface area (Å²) in [4.78, 5) is 23.1. The molecule has 1 unspecified atom stereocenters. The second-order valence-electron chi connectivity index (χ2n) is 3.81. The summed E-state index contributed by atoms with van der Waals surface area (Å²) >= 11 is 0. The number of fused-ring (bicyclic) bond motifs is 2. The molecular formula is C12H9NO2. The average molecular weight is 199 g/mol. The molecule has 1 N–H and O–H groups in total. The molecule has 1 atom stereocenters. The van der Waals surface area contributed by atoms with Crippen LogP contribution in [-0.4, -0.2) is 11.8 Å². The lowest BCUT2D eigenvalue weighted by Gasteiger charge is -2.09. The van der Waals surface area contributed by atoms with E-state index >= 15 is 0 Å². The number of nitrogens with one attached hydrogen (secondary N) is 1. The SMILES string of the molecule is O=C1NC(=O)C2CC=c3ccccc3=C12. The molecule has 1 aromatic rings. The van der Waals surface area contributed by atoms with Crippen LogP contribution in [0, 0.1) is 5.92 Å². The summed E-state index contributed by atoms with van der Waals surface area (Å²) < 4.78 is 0. The van der Waals surface area contributed by atoms with Crippen LogP contribution in [0.15, 0.2) is 24.3 Å². The van der Waals surface area contributed by atoms with Crippen LogP contribution in [0.5, 0.6) is 0 Å². The van der Waals surface area contributed by atoms with Crippen molar-refractivity contribution in [1.82, 2.24) is 5.32 Å². The van der Waals surface area contributed by atoms with Gasteiger partial charge in [0.2, 0.25) is 5.91 Å². The van der Waals surface area contributed by atoms with Gasteiger partial charge in [0.1, 0.15) is 0 Å². The van der Waals surface area contributed by atoms with Crippen LogP contribution in [0.25, 0.3) is 11.6 Å². The Morgan fingerprint density at radius 1 is 1.20 bits per heavy atom. The number of hydrogen-bond acceptors (Lipinski definition) is 2. The highest BCUT2D eigenvalue weighted by Crippen LogP contribution is 2.23. The fraction of sp³-hybridized carbons (Fsp3) is 0.167. The van der Waals surface area contributed by atoms with E-state index < -0.39 is 0 Å². The maximum atomic E-state index is 11.6. The second kappa shape index (κ2) is 2.79.